The summed E-state index contributed by atoms with van der Waals surface area (Å²) in [6, 6.07) is 0. The molecule has 2 saturated heterocycles. The Morgan fingerprint density at radius 1 is 1.32 bits per heavy atom. The number of imidazole rings is 1. The predicted octanol–water partition coefficient (Wildman–Crippen LogP) is 2.00. The van der Waals surface area contributed by atoms with Crippen molar-refractivity contribution in [2.24, 2.45) is 5.73 Å². The molecule has 158 valence electrons. The average molecular weight is 413 g/mol. The van der Waals surface area contributed by atoms with Gasteiger partial charge in [0.1, 0.15) is 24.1 Å². The standard InChI is InChI=1S/C18H32N4O5Si/c1-17(2,3)28(6,7)24-8-10-12-13(27-18(4,5)26-12)16(25-10)22-9-21-11(14(22)19)15(20)23/h9-10,12-13,16H,8,19H2,1-7H3,(H2,20,23)/t10-,12-,13-,16-/m1/s1. The number of carbonyl (C=O) groups excluding carboxylic acids is 1. The van der Waals surface area contributed by atoms with Crippen molar-refractivity contribution in [1.29, 1.82) is 0 Å². The average Bonchev–Trinajstić information content (AvgIpc) is 3.15. The van der Waals surface area contributed by atoms with Crippen molar-refractivity contribution in [2.45, 2.75) is 83.1 Å². The summed E-state index contributed by atoms with van der Waals surface area (Å²) in [5.74, 6) is -1.29. The van der Waals surface area contributed by atoms with Crippen LogP contribution in [-0.4, -0.2) is 54.5 Å². The van der Waals surface area contributed by atoms with E-state index in [1.807, 2.05) is 13.8 Å². The number of anilines is 1. The fourth-order valence-electron chi connectivity index (χ4n) is 3.29. The largest absolute Gasteiger partial charge is 0.414 e. The summed E-state index contributed by atoms with van der Waals surface area (Å²) in [6.07, 6.45) is -0.183. The number of fused-ring (bicyclic) bond motifs is 1. The first-order chi connectivity index (χ1) is 12.7. The Bertz CT molecular complexity index is 758. The maximum absolute atomic E-state index is 11.5. The number of amides is 1. The lowest BCUT2D eigenvalue weighted by Gasteiger charge is -2.37. The summed E-state index contributed by atoms with van der Waals surface area (Å²) in [4.78, 5) is 15.5. The van der Waals surface area contributed by atoms with Crippen LogP contribution in [0.5, 0.6) is 0 Å². The van der Waals surface area contributed by atoms with Crippen LogP contribution in [0.4, 0.5) is 5.82 Å². The van der Waals surface area contributed by atoms with Gasteiger partial charge in [-0.2, -0.15) is 0 Å². The van der Waals surface area contributed by atoms with Crippen LogP contribution in [0.1, 0.15) is 51.3 Å². The van der Waals surface area contributed by atoms with Crippen LogP contribution in [0.25, 0.3) is 0 Å². The van der Waals surface area contributed by atoms with Crippen molar-refractivity contribution in [3.05, 3.63) is 12.0 Å². The minimum Gasteiger partial charge on any atom is -0.414 e. The molecule has 10 heteroatoms. The second-order valence-corrected chi connectivity index (χ2v) is 14.3. The topological polar surface area (TPSA) is 124 Å². The number of nitrogen functional groups attached to an aromatic ring is 1. The van der Waals surface area contributed by atoms with Gasteiger partial charge in [-0.05, 0) is 32.0 Å². The second-order valence-electron chi connectivity index (χ2n) is 9.45. The van der Waals surface area contributed by atoms with Crippen LogP contribution in [-0.2, 0) is 18.6 Å². The molecule has 0 aromatic carbocycles. The van der Waals surface area contributed by atoms with Crippen LogP contribution < -0.4 is 11.5 Å². The molecule has 1 aromatic heterocycles. The summed E-state index contributed by atoms with van der Waals surface area (Å²) in [6.45, 7) is 15.1. The summed E-state index contributed by atoms with van der Waals surface area (Å²) < 4.78 is 26.4. The van der Waals surface area contributed by atoms with E-state index in [9.17, 15) is 4.79 Å². The lowest BCUT2D eigenvalue weighted by molar-refractivity contribution is -0.199. The van der Waals surface area contributed by atoms with Crippen molar-refractivity contribution in [3.8, 4) is 0 Å². The quantitative estimate of drug-likeness (QED) is 0.709. The molecule has 28 heavy (non-hydrogen) atoms. The molecule has 2 fully saturated rings. The molecule has 0 spiro atoms. The molecule has 3 rings (SSSR count). The van der Waals surface area contributed by atoms with E-state index in [1.54, 1.807) is 4.57 Å². The zero-order valence-electron chi connectivity index (χ0n) is 17.7. The van der Waals surface area contributed by atoms with Gasteiger partial charge in [-0.3, -0.25) is 9.36 Å². The van der Waals surface area contributed by atoms with Crippen molar-refractivity contribution in [1.82, 2.24) is 9.55 Å². The normalized spacial score (nSPS) is 29.8. The number of primary amides is 1. The van der Waals surface area contributed by atoms with E-state index in [1.165, 1.54) is 6.33 Å². The van der Waals surface area contributed by atoms with E-state index in [0.29, 0.717) is 6.61 Å². The van der Waals surface area contributed by atoms with E-state index in [0.717, 1.165) is 0 Å². The fourth-order valence-corrected chi connectivity index (χ4v) is 4.30. The summed E-state index contributed by atoms with van der Waals surface area (Å²) >= 11 is 0. The first kappa shape index (κ1) is 21.3. The molecule has 4 N–H and O–H groups in total. The van der Waals surface area contributed by atoms with Gasteiger partial charge in [0.2, 0.25) is 0 Å². The summed E-state index contributed by atoms with van der Waals surface area (Å²) in [5, 5.41) is 0.0852. The Balaban J connectivity index is 1.84. The van der Waals surface area contributed by atoms with Gasteiger partial charge < -0.3 is 30.1 Å². The van der Waals surface area contributed by atoms with Gasteiger partial charge in [0.15, 0.2) is 26.0 Å². The molecule has 1 amide bonds. The van der Waals surface area contributed by atoms with Crippen LogP contribution >= 0.6 is 0 Å². The maximum Gasteiger partial charge on any atom is 0.271 e. The van der Waals surface area contributed by atoms with Crippen molar-refractivity contribution in [3.63, 3.8) is 0 Å². The van der Waals surface area contributed by atoms with E-state index in [2.05, 4.69) is 38.8 Å². The third-order valence-corrected chi connectivity index (χ3v) is 10.4. The zero-order valence-corrected chi connectivity index (χ0v) is 18.7. The number of nitrogens with two attached hydrogens (primary N) is 2. The number of hydrogen-bond donors (Lipinski definition) is 2. The zero-order chi connectivity index (χ0) is 21.1. The van der Waals surface area contributed by atoms with Crippen molar-refractivity contribution in [2.75, 3.05) is 12.3 Å². The van der Waals surface area contributed by atoms with E-state index >= 15 is 0 Å². The molecule has 0 unspecified atom stereocenters. The van der Waals surface area contributed by atoms with Crippen LogP contribution in [0, 0.1) is 0 Å². The highest BCUT2D eigenvalue weighted by Gasteiger charge is 2.56. The van der Waals surface area contributed by atoms with Crippen LogP contribution in [0.3, 0.4) is 0 Å². The van der Waals surface area contributed by atoms with Crippen LogP contribution in [0.2, 0.25) is 18.1 Å². The number of nitrogens with zero attached hydrogens (tertiary/aromatic N) is 2. The monoisotopic (exact) mass is 412 g/mol. The molecule has 1 aromatic rings. The highest BCUT2D eigenvalue weighted by molar-refractivity contribution is 6.74. The SMILES string of the molecule is CC1(C)O[C@@H]2[C@H](O1)[C@@H](CO[Si](C)(C)C(C)(C)C)O[C@H]2n1cnc(C(N)=O)c1N. The number of ether oxygens (including phenoxy) is 3. The lowest BCUT2D eigenvalue weighted by atomic mass is 10.1. The minimum atomic E-state index is -1.96. The lowest BCUT2D eigenvalue weighted by Crippen LogP contribution is -2.44. The first-order valence-corrected chi connectivity index (χ1v) is 12.4. The molecule has 0 bridgehead atoms. The Kier molecular flexibility index (Phi) is 5.16. The van der Waals surface area contributed by atoms with Gasteiger partial charge in [0.25, 0.3) is 5.91 Å². The second kappa shape index (κ2) is 6.80. The smallest absolute Gasteiger partial charge is 0.271 e. The Labute approximate surface area is 166 Å². The highest BCUT2D eigenvalue weighted by Crippen LogP contribution is 2.45. The van der Waals surface area contributed by atoms with E-state index < -0.39 is 32.3 Å². The number of aromatic nitrogens is 2. The molecule has 9 nitrogen and oxygen atoms in total. The van der Waals surface area contributed by atoms with Gasteiger partial charge in [-0.1, -0.05) is 20.8 Å². The molecular formula is C18H32N4O5Si. The van der Waals surface area contributed by atoms with Crippen molar-refractivity contribution >= 4 is 20.0 Å². The number of carbonyl (C=O) groups is 1. The molecule has 2 aliphatic heterocycles. The predicted molar refractivity (Wildman–Crippen MR) is 106 cm³/mol. The highest BCUT2D eigenvalue weighted by atomic mass is 28.4. The molecule has 0 aliphatic carbocycles. The minimum absolute atomic E-state index is 0.0132. The van der Waals surface area contributed by atoms with Gasteiger partial charge >= 0.3 is 0 Å². The van der Waals surface area contributed by atoms with Gasteiger partial charge in [-0.15, -0.1) is 0 Å². The van der Waals surface area contributed by atoms with Crippen LogP contribution in [0.15, 0.2) is 6.33 Å². The van der Waals surface area contributed by atoms with E-state index in [-0.39, 0.29) is 28.8 Å². The summed E-state index contributed by atoms with van der Waals surface area (Å²) in [5.41, 5.74) is 11.4. The Morgan fingerprint density at radius 3 is 2.46 bits per heavy atom. The third kappa shape index (κ3) is 3.71. The van der Waals surface area contributed by atoms with Gasteiger partial charge in [-0.25, -0.2) is 4.98 Å². The maximum atomic E-state index is 11.5. The molecule has 0 radical (unpaired) electrons. The third-order valence-electron chi connectivity index (χ3n) is 5.88. The van der Waals surface area contributed by atoms with E-state index in [4.69, 9.17) is 30.1 Å². The molecule has 3 heterocycles. The summed E-state index contributed by atoms with van der Waals surface area (Å²) in [7, 11) is -1.96. The number of rotatable bonds is 5. The fraction of sp³-hybridized carbons (Fsp3) is 0.778. The molecule has 4 atom stereocenters. The Hall–Kier alpha value is -1.46. The first-order valence-electron chi connectivity index (χ1n) is 9.51. The number of hydrogen-bond acceptors (Lipinski definition) is 7. The van der Waals surface area contributed by atoms with Crippen molar-refractivity contribution < 1.29 is 23.4 Å². The molecular weight excluding hydrogens is 380 g/mol. The Morgan fingerprint density at radius 2 is 1.93 bits per heavy atom. The van der Waals surface area contributed by atoms with Gasteiger partial charge in [0.05, 0.1) is 12.9 Å². The van der Waals surface area contributed by atoms with Gasteiger partial charge in [0, 0.05) is 0 Å². The molecule has 2 aliphatic rings. The molecule has 0 saturated carbocycles.